The second-order valence-corrected chi connectivity index (χ2v) is 8.16. The lowest BCUT2D eigenvalue weighted by Gasteiger charge is -2.15. The highest BCUT2D eigenvalue weighted by Crippen LogP contribution is 2.40. The Kier molecular flexibility index (Phi) is 4.71. The molecule has 2 atom stereocenters. The van der Waals surface area contributed by atoms with Gasteiger partial charge in [0, 0.05) is 50.7 Å². The molecule has 0 spiro atoms. The Morgan fingerprint density at radius 2 is 2.20 bits per heavy atom. The van der Waals surface area contributed by atoms with Gasteiger partial charge < -0.3 is 15.5 Å². The molecule has 4 heterocycles. The van der Waals surface area contributed by atoms with Gasteiger partial charge in [-0.3, -0.25) is 14.3 Å². The largest absolute Gasteiger partial charge is 0.338 e. The van der Waals surface area contributed by atoms with Crippen molar-refractivity contribution in [1.82, 2.24) is 25.0 Å². The van der Waals surface area contributed by atoms with Crippen molar-refractivity contribution in [3.63, 3.8) is 0 Å². The maximum atomic E-state index is 12.7. The molecule has 2 amide bonds. The molecule has 2 aromatic heterocycles. The predicted octanol–water partition coefficient (Wildman–Crippen LogP) is 1.43. The monoisotopic (exact) mass is 404 g/mol. The summed E-state index contributed by atoms with van der Waals surface area (Å²) in [7, 11) is 1.96. The summed E-state index contributed by atoms with van der Waals surface area (Å²) in [5.74, 6) is 1.41. The van der Waals surface area contributed by atoms with E-state index >= 15 is 0 Å². The number of amides is 2. The number of rotatable bonds is 3. The fraction of sp³-hybridized carbons (Fsp3) is 0.364. The van der Waals surface area contributed by atoms with Crippen LogP contribution >= 0.6 is 0 Å². The lowest BCUT2D eigenvalue weighted by atomic mass is 9.99. The number of anilines is 1. The molecule has 0 radical (unpaired) electrons. The third-order valence-corrected chi connectivity index (χ3v) is 6.12. The number of hydrogen-bond acceptors (Lipinski definition) is 5. The minimum absolute atomic E-state index is 0.0289. The molecule has 8 heteroatoms. The second kappa shape index (κ2) is 7.53. The van der Waals surface area contributed by atoms with Gasteiger partial charge in [0.15, 0.2) is 0 Å². The second-order valence-electron chi connectivity index (χ2n) is 8.16. The van der Waals surface area contributed by atoms with E-state index in [2.05, 4.69) is 26.8 Å². The van der Waals surface area contributed by atoms with Crippen LogP contribution in [0.4, 0.5) is 5.82 Å². The van der Waals surface area contributed by atoms with Crippen molar-refractivity contribution in [2.75, 3.05) is 25.0 Å². The molecule has 30 heavy (non-hydrogen) atoms. The zero-order valence-corrected chi connectivity index (χ0v) is 16.8. The first-order chi connectivity index (χ1) is 14.6. The summed E-state index contributed by atoms with van der Waals surface area (Å²) >= 11 is 0. The average Bonchev–Trinajstić information content (AvgIpc) is 3.38. The normalized spacial score (nSPS) is 23.2. The Balaban J connectivity index is 1.24. The van der Waals surface area contributed by atoms with Crippen LogP contribution < -0.4 is 10.6 Å². The number of aryl methyl sites for hydroxylation is 1. The van der Waals surface area contributed by atoms with Gasteiger partial charge in [-0.25, -0.2) is 4.98 Å². The van der Waals surface area contributed by atoms with Gasteiger partial charge in [0.1, 0.15) is 5.82 Å². The average molecular weight is 404 g/mol. The van der Waals surface area contributed by atoms with Crippen LogP contribution in [0.5, 0.6) is 0 Å². The van der Waals surface area contributed by atoms with Crippen LogP contribution in [0.3, 0.4) is 0 Å². The minimum Gasteiger partial charge on any atom is -0.338 e. The van der Waals surface area contributed by atoms with E-state index in [-0.39, 0.29) is 18.4 Å². The summed E-state index contributed by atoms with van der Waals surface area (Å²) in [6.45, 7) is 2.38. The number of carbonyl (C=O) groups is 2. The number of carbonyl (C=O) groups excluding carboxylic acids is 2. The first-order valence-electron chi connectivity index (χ1n) is 10.2. The molecular formula is C22H24N6O2. The van der Waals surface area contributed by atoms with Crippen LogP contribution in [0.2, 0.25) is 0 Å². The van der Waals surface area contributed by atoms with E-state index in [4.69, 9.17) is 0 Å². The van der Waals surface area contributed by atoms with Gasteiger partial charge in [0.25, 0.3) is 0 Å². The van der Waals surface area contributed by atoms with Crippen molar-refractivity contribution >= 4 is 29.3 Å². The topological polar surface area (TPSA) is 92.2 Å². The van der Waals surface area contributed by atoms with Crippen LogP contribution in [-0.2, 0) is 23.2 Å². The standard InChI is InChI=1S/C22H24N6O2/c1-27-19(4-5-25-27)15-7-17-12-28(13-18(17)8-15)21(30)3-2-14-6-16-10-23-11-20(29)26-22(16)24-9-14/h2-7,9,17-18,23H,8,10-13H2,1H3,(H,24,26,29)/b3-2+. The predicted molar refractivity (Wildman–Crippen MR) is 113 cm³/mol. The van der Waals surface area contributed by atoms with Gasteiger partial charge in [-0.1, -0.05) is 6.08 Å². The Morgan fingerprint density at radius 1 is 1.30 bits per heavy atom. The van der Waals surface area contributed by atoms with Gasteiger partial charge in [-0.05, 0) is 47.6 Å². The van der Waals surface area contributed by atoms with E-state index in [0.717, 1.165) is 30.6 Å². The number of pyridine rings is 1. The molecule has 5 rings (SSSR count). The fourth-order valence-electron chi connectivity index (χ4n) is 4.60. The third kappa shape index (κ3) is 3.54. The highest BCUT2D eigenvalue weighted by molar-refractivity contribution is 5.93. The highest BCUT2D eigenvalue weighted by atomic mass is 16.2. The van der Waals surface area contributed by atoms with Crippen LogP contribution in [0.25, 0.3) is 11.6 Å². The zero-order chi connectivity index (χ0) is 20.7. The maximum absolute atomic E-state index is 12.7. The lowest BCUT2D eigenvalue weighted by molar-refractivity contribution is -0.125. The van der Waals surface area contributed by atoms with Gasteiger partial charge in [-0.2, -0.15) is 5.10 Å². The van der Waals surface area contributed by atoms with Crippen molar-refractivity contribution < 1.29 is 9.59 Å². The number of fused-ring (bicyclic) bond motifs is 2. The molecular weight excluding hydrogens is 380 g/mol. The first-order valence-corrected chi connectivity index (χ1v) is 10.2. The maximum Gasteiger partial charge on any atom is 0.246 e. The Hall–Kier alpha value is -3.26. The van der Waals surface area contributed by atoms with E-state index in [0.29, 0.717) is 24.2 Å². The van der Waals surface area contributed by atoms with Crippen molar-refractivity contribution in [1.29, 1.82) is 0 Å². The molecule has 2 aromatic rings. The number of hydrogen-bond donors (Lipinski definition) is 2. The van der Waals surface area contributed by atoms with Crippen LogP contribution in [-0.4, -0.2) is 51.1 Å². The Morgan fingerprint density at radius 3 is 3.00 bits per heavy atom. The fourth-order valence-corrected chi connectivity index (χ4v) is 4.60. The van der Waals surface area contributed by atoms with E-state index in [1.807, 2.05) is 35.0 Å². The number of nitrogens with one attached hydrogen (secondary N) is 2. The van der Waals surface area contributed by atoms with E-state index < -0.39 is 0 Å². The molecule has 2 N–H and O–H groups in total. The molecule has 1 aliphatic carbocycles. The van der Waals surface area contributed by atoms with Gasteiger partial charge >= 0.3 is 0 Å². The van der Waals surface area contributed by atoms with E-state index in [1.165, 1.54) is 11.3 Å². The van der Waals surface area contributed by atoms with Crippen LogP contribution in [0.1, 0.15) is 23.2 Å². The number of allylic oxidation sites excluding steroid dienone is 1. The summed E-state index contributed by atoms with van der Waals surface area (Å²) in [5, 5.41) is 10.1. The van der Waals surface area contributed by atoms with E-state index in [1.54, 1.807) is 18.3 Å². The zero-order valence-electron chi connectivity index (χ0n) is 16.8. The summed E-state index contributed by atoms with van der Waals surface area (Å²) in [6, 6.07) is 4.00. The quantitative estimate of drug-likeness (QED) is 0.755. The van der Waals surface area contributed by atoms with Gasteiger partial charge in [0.2, 0.25) is 11.8 Å². The molecule has 154 valence electrons. The SMILES string of the molecule is Cn1nccc1C1=CC2CN(C(=O)/C=C/c3cnc4c(c3)CNCC(=O)N4)CC2C1. The number of aromatic nitrogens is 3. The van der Waals surface area contributed by atoms with Gasteiger partial charge in [0.05, 0.1) is 12.2 Å². The summed E-state index contributed by atoms with van der Waals surface area (Å²) in [6.07, 6.45) is 10.2. The van der Waals surface area contributed by atoms with Crippen LogP contribution in [0.15, 0.2) is 36.7 Å². The molecule has 0 bridgehead atoms. The summed E-state index contributed by atoms with van der Waals surface area (Å²) in [5.41, 5.74) is 4.27. The molecule has 2 aliphatic heterocycles. The molecule has 3 aliphatic rings. The lowest BCUT2D eigenvalue weighted by Crippen LogP contribution is -2.27. The number of nitrogens with zero attached hydrogens (tertiary/aromatic N) is 4. The smallest absolute Gasteiger partial charge is 0.246 e. The Bertz CT molecular complexity index is 1070. The highest BCUT2D eigenvalue weighted by Gasteiger charge is 2.38. The van der Waals surface area contributed by atoms with E-state index in [9.17, 15) is 9.59 Å². The van der Waals surface area contributed by atoms with Crippen molar-refractivity contribution in [3.05, 3.63) is 53.5 Å². The van der Waals surface area contributed by atoms with Crippen molar-refractivity contribution in [2.24, 2.45) is 18.9 Å². The summed E-state index contributed by atoms with van der Waals surface area (Å²) < 4.78 is 1.91. The molecule has 0 saturated carbocycles. The van der Waals surface area contributed by atoms with Crippen LogP contribution in [0, 0.1) is 11.8 Å². The molecule has 1 fully saturated rings. The molecule has 0 aromatic carbocycles. The minimum atomic E-state index is -0.0973. The van der Waals surface area contributed by atoms with Gasteiger partial charge in [-0.15, -0.1) is 0 Å². The molecule has 2 unspecified atom stereocenters. The third-order valence-electron chi connectivity index (χ3n) is 6.12. The van der Waals surface area contributed by atoms with Crippen molar-refractivity contribution in [3.8, 4) is 0 Å². The Labute approximate surface area is 174 Å². The number of likely N-dealkylation sites (tertiary alicyclic amines) is 1. The molecule has 8 nitrogen and oxygen atoms in total. The molecule has 1 saturated heterocycles. The summed E-state index contributed by atoms with van der Waals surface area (Å²) in [4.78, 5) is 30.6. The first kappa shape index (κ1) is 18.7. The van der Waals surface area contributed by atoms with Crippen molar-refractivity contribution in [2.45, 2.75) is 13.0 Å².